The molecule has 0 bridgehead atoms. The number of nitrogens with one attached hydrogen (secondary N) is 1. The minimum absolute atomic E-state index is 0.0190. The number of nitro groups is 1. The molecule has 0 fully saturated rings. The number of carbonyl (C=O) groups excluding carboxylic acids is 1. The topological polar surface area (TPSA) is 112 Å². The van der Waals surface area contributed by atoms with E-state index in [0.29, 0.717) is 29.0 Å². The minimum atomic E-state index is -0.529. The number of hydrogen-bond acceptors (Lipinski definition) is 7. The number of non-ortho nitro benzene ring substituents is 1. The van der Waals surface area contributed by atoms with Gasteiger partial charge in [0.1, 0.15) is 11.6 Å². The molecule has 2 aromatic carbocycles. The van der Waals surface area contributed by atoms with Crippen molar-refractivity contribution in [2.24, 2.45) is 0 Å². The zero-order valence-corrected chi connectivity index (χ0v) is 17.9. The van der Waals surface area contributed by atoms with Crippen molar-refractivity contribution in [3.8, 4) is 5.75 Å². The first-order chi connectivity index (χ1) is 15.4. The smallest absolute Gasteiger partial charge is 0.271 e. The molecule has 1 amide bonds. The number of hydrogen-bond donors (Lipinski definition) is 1. The van der Waals surface area contributed by atoms with Gasteiger partial charge in [0.2, 0.25) is 5.91 Å². The third-order valence-electron chi connectivity index (χ3n) is 4.22. The summed E-state index contributed by atoms with van der Waals surface area (Å²) < 4.78 is 20.7. The van der Waals surface area contributed by atoms with Crippen LogP contribution in [0.1, 0.15) is 18.9 Å². The molecule has 1 aromatic heterocycles. The van der Waals surface area contributed by atoms with E-state index in [1.165, 1.54) is 42.5 Å². The van der Waals surface area contributed by atoms with E-state index in [4.69, 9.17) is 4.74 Å². The fourth-order valence-electron chi connectivity index (χ4n) is 2.80. The highest BCUT2D eigenvalue weighted by molar-refractivity contribution is 7.99. The summed E-state index contributed by atoms with van der Waals surface area (Å²) in [5, 5.41) is 22.3. The van der Waals surface area contributed by atoms with Crippen molar-refractivity contribution in [1.82, 2.24) is 14.8 Å². The SMILES string of the molecule is C=CCn1c(SCC(=O)Nc2cccc([N+](=O)[O-])c2)nnc1C(C)Oc1ccc(F)cc1. The van der Waals surface area contributed by atoms with Crippen LogP contribution in [0.25, 0.3) is 0 Å². The molecule has 9 nitrogen and oxygen atoms in total. The second-order valence-corrected chi connectivity index (χ2v) is 7.54. The molecule has 0 radical (unpaired) electrons. The van der Waals surface area contributed by atoms with Gasteiger partial charge in [-0.15, -0.1) is 16.8 Å². The lowest BCUT2D eigenvalue weighted by Crippen LogP contribution is -2.15. The number of amides is 1. The van der Waals surface area contributed by atoms with E-state index >= 15 is 0 Å². The van der Waals surface area contributed by atoms with Crippen LogP contribution in [-0.4, -0.2) is 31.3 Å². The number of anilines is 1. The first-order valence-corrected chi connectivity index (χ1v) is 10.5. The van der Waals surface area contributed by atoms with E-state index in [0.717, 1.165) is 11.8 Å². The fraction of sp³-hybridized carbons (Fsp3) is 0.190. The Kier molecular flexibility index (Phi) is 7.55. The Hall–Kier alpha value is -3.73. The van der Waals surface area contributed by atoms with Crippen LogP contribution in [0, 0.1) is 15.9 Å². The van der Waals surface area contributed by atoms with Gasteiger partial charge in [0.15, 0.2) is 17.1 Å². The van der Waals surface area contributed by atoms with Gasteiger partial charge in [-0.2, -0.15) is 0 Å². The monoisotopic (exact) mass is 457 g/mol. The number of aromatic nitrogens is 3. The van der Waals surface area contributed by atoms with Crippen molar-refractivity contribution in [1.29, 1.82) is 0 Å². The van der Waals surface area contributed by atoms with E-state index in [-0.39, 0.29) is 23.2 Å². The van der Waals surface area contributed by atoms with Gasteiger partial charge in [0.05, 0.1) is 10.7 Å². The van der Waals surface area contributed by atoms with Crippen molar-refractivity contribution in [3.63, 3.8) is 0 Å². The predicted molar refractivity (Wildman–Crippen MR) is 118 cm³/mol. The van der Waals surface area contributed by atoms with Crippen molar-refractivity contribution in [3.05, 3.63) is 82.9 Å². The van der Waals surface area contributed by atoms with Crippen LogP contribution >= 0.6 is 11.8 Å². The standard InChI is InChI=1S/C21H20FN5O4S/c1-3-11-26-20(14(2)31-18-9-7-15(22)8-10-18)24-25-21(26)32-13-19(28)23-16-5-4-6-17(12-16)27(29)30/h3-10,12,14H,1,11,13H2,2H3,(H,23,28). The maximum atomic E-state index is 13.1. The largest absolute Gasteiger partial charge is 0.483 e. The van der Waals surface area contributed by atoms with Gasteiger partial charge in [-0.05, 0) is 37.3 Å². The molecule has 0 saturated carbocycles. The van der Waals surface area contributed by atoms with Gasteiger partial charge in [-0.3, -0.25) is 19.5 Å². The third-order valence-corrected chi connectivity index (χ3v) is 5.19. The lowest BCUT2D eigenvalue weighted by molar-refractivity contribution is -0.384. The lowest BCUT2D eigenvalue weighted by Gasteiger charge is -2.15. The molecule has 1 N–H and O–H groups in total. The van der Waals surface area contributed by atoms with E-state index in [2.05, 4.69) is 22.1 Å². The second-order valence-electron chi connectivity index (χ2n) is 6.60. The van der Waals surface area contributed by atoms with Crippen molar-refractivity contribution < 1.29 is 18.8 Å². The fourth-order valence-corrected chi connectivity index (χ4v) is 3.56. The second kappa shape index (κ2) is 10.5. The lowest BCUT2D eigenvalue weighted by atomic mass is 10.3. The van der Waals surface area contributed by atoms with Crippen LogP contribution < -0.4 is 10.1 Å². The number of allylic oxidation sites excluding steroid dienone is 1. The average Bonchev–Trinajstić information content (AvgIpc) is 3.17. The van der Waals surface area contributed by atoms with Crippen LogP contribution in [-0.2, 0) is 11.3 Å². The Balaban J connectivity index is 1.66. The van der Waals surface area contributed by atoms with Crippen LogP contribution in [0.5, 0.6) is 5.75 Å². The van der Waals surface area contributed by atoms with Gasteiger partial charge in [0, 0.05) is 24.4 Å². The number of carbonyl (C=O) groups is 1. The number of thioether (sulfide) groups is 1. The van der Waals surface area contributed by atoms with Gasteiger partial charge in [-0.25, -0.2) is 4.39 Å². The van der Waals surface area contributed by atoms with Crippen LogP contribution in [0.3, 0.4) is 0 Å². The summed E-state index contributed by atoms with van der Waals surface area (Å²) in [4.78, 5) is 22.7. The Morgan fingerprint density at radius 3 is 2.78 bits per heavy atom. The number of halogens is 1. The van der Waals surface area contributed by atoms with Crippen molar-refractivity contribution in [2.45, 2.75) is 24.7 Å². The van der Waals surface area contributed by atoms with E-state index in [9.17, 15) is 19.3 Å². The molecule has 3 rings (SSSR count). The highest BCUT2D eigenvalue weighted by atomic mass is 32.2. The molecule has 0 aliphatic heterocycles. The summed E-state index contributed by atoms with van der Waals surface area (Å²) in [7, 11) is 0. The summed E-state index contributed by atoms with van der Waals surface area (Å²) in [6.07, 6.45) is 1.19. The molecule has 1 heterocycles. The summed E-state index contributed by atoms with van der Waals surface area (Å²) in [6, 6.07) is 11.4. The van der Waals surface area contributed by atoms with Gasteiger partial charge < -0.3 is 10.1 Å². The number of nitrogens with zero attached hydrogens (tertiary/aromatic N) is 4. The molecule has 1 atom stereocenters. The average molecular weight is 457 g/mol. The Labute approximate surface area is 187 Å². The first kappa shape index (κ1) is 22.9. The highest BCUT2D eigenvalue weighted by Crippen LogP contribution is 2.25. The quantitative estimate of drug-likeness (QED) is 0.208. The Morgan fingerprint density at radius 1 is 1.34 bits per heavy atom. The Morgan fingerprint density at radius 2 is 2.09 bits per heavy atom. The minimum Gasteiger partial charge on any atom is -0.483 e. The van der Waals surface area contributed by atoms with E-state index in [1.54, 1.807) is 23.6 Å². The molecule has 3 aromatic rings. The normalized spacial score (nSPS) is 11.6. The first-order valence-electron chi connectivity index (χ1n) is 9.50. The third kappa shape index (κ3) is 5.91. The summed E-state index contributed by atoms with van der Waals surface area (Å²) >= 11 is 1.16. The molecule has 11 heteroatoms. The van der Waals surface area contributed by atoms with E-state index < -0.39 is 11.0 Å². The zero-order valence-electron chi connectivity index (χ0n) is 17.1. The molecule has 0 saturated heterocycles. The van der Waals surface area contributed by atoms with Crippen LogP contribution in [0.4, 0.5) is 15.8 Å². The van der Waals surface area contributed by atoms with Gasteiger partial charge in [-0.1, -0.05) is 23.9 Å². The summed E-state index contributed by atoms with van der Waals surface area (Å²) in [5.74, 6) is 0.321. The Bertz CT molecular complexity index is 1120. The molecule has 32 heavy (non-hydrogen) atoms. The highest BCUT2D eigenvalue weighted by Gasteiger charge is 2.20. The predicted octanol–water partition coefficient (Wildman–Crippen LogP) is 4.38. The molecule has 0 aliphatic rings. The summed E-state index contributed by atoms with van der Waals surface area (Å²) in [5.41, 5.74) is 0.223. The number of nitro benzene ring substituents is 1. The van der Waals surface area contributed by atoms with Crippen molar-refractivity contribution >= 4 is 29.0 Å². The molecule has 0 spiro atoms. The molecule has 166 valence electrons. The molecule has 1 unspecified atom stereocenters. The number of benzene rings is 2. The molecule has 0 aliphatic carbocycles. The van der Waals surface area contributed by atoms with Gasteiger partial charge in [0.25, 0.3) is 5.69 Å². The zero-order chi connectivity index (χ0) is 23.1. The van der Waals surface area contributed by atoms with Crippen LogP contribution in [0.2, 0.25) is 0 Å². The maximum absolute atomic E-state index is 13.1. The summed E-state index contributed by atoms with van der Waals surface area (Å²) in [6.45, 7) is 5.93. The van der Waals surface area contributed by atoms with Gasteiger partial charge >= 0.3 is 0 Å². The van der Waals surface area contributed by atoms with Crippen molar-refractivity contribution in [2.75, 3.05) is 11.1 Å². The van der Waals surface area contributed by atoms with E-state index in [1.807, 2.05) is 0 Å². The number of ether oxygens (including phenoxy) is 1. The molecular weight excluding hydrogens is 437 g/mol. The maximum Gasteiger partial charge on any atom is 0.271 e. The van der Waals surface area contributed by atoms with Crippen LogP contribution in [0.15, 0.2) is 66.3 Å². The number of rotatable bonds is 10. The molecular formula is C21H20FN5O4S.